The third-order valence-electron chi connectivity index (χ3n) is 2.59. The smallest absolute Gasteiger partial charge is 0.114 e. The summed E-state index contributed by atoms with van der Waals surface area (Å²) in [5, 5.41) is 8.84. The minimum atomic E-state index is 0.257. The lowest BCUT2D eigenvalue weighted by Gasteiger charge is -2.20. The van der Waals surface area contributed by atoms with Crippen molar-refractivity contribution < 1.29 is 0 Å². The highest BCUT2D eigenvalue weighted by molar-refractivity contribution is 7.80. The molecule has 3 heteroatoms. The van der Waals surface area contributed by atoms with Crippen molar-refractivity contribution in [1.82, 2.24) is 0 Å². The molecule has 1 fully saturated rings. The summed E-state index contributed by atoms with van der Waals surface area (Å²) in [6.07, 6.45) is 4.29. The zero-order valence-electron chi connectivity index (χ0n) is 7.84. The van der Waals surface area contributed by atoms with Crippen LogP contribution >= 0.6 is 12.2 Å². The van der Waals surface area contributed by atoms with Crippen LogP contribution in [-0.2, 0) is 0 Å². The average molecular weight is 194 g/mol. The second kappa shape index (κ2) is 4.38. The van der Waals surface area contributed by atoms with Gasteiger partial charge in [0.15, 0.2) is 0 Å². The van der Waals surface area contributed by atoms with Gasteiger partial charge >= 0.3 is 0 Å². The Morgan fingerprint density at radius 2 is 2.08 bits per heavy atom. The zero-order chi connectivity index (χ0) is 9.84. The Morgan fingerprint density at radius 3 is 2.46 bits per heavy atom. The molecular weight excluding hydrogens is 180 g/mol. The van der Waals surface area contributed by atoms with Crippen LogP contribution < -0.4 is 5.73 Å². The monoisotopic (exact) mass is 194 g/mol. The van der Waals surface area contributed by atoms with E-state index >= 15 is 0 Å². The number of nitrogens with two attached hydrogens (primary N) is 1. The topological polar surface area (TPSA) is 49.8 Å². The van der Waals surface area contributed by atoms with Crippen molar-refractivity contribution in [2.45, 2.75) is 32.6 Å². The Morgan fingerprint density at radius 1 is 1.54 bits per heavy atom. The van der Waals surface area contributed by atoms with Gasteiger partial charge in [0, 0.05) is 0 Å². The summed E-state index contributed by atoms with van der Waals surface area (Å²) >= 11 is 4.82. The van der Waals surface area contributed by atoms with Gasteiger partial charge in [-0.25, -0.2) is 0 Å². The molecule has 2 nitrogen and oxygen atoms in total. The molecule has 0 aromatic carbocycles. The Labute approximate surface area is 84.4 Å². The van der Waals surface area contributed by atoms with Gasteiger partial charge in [-0.3, -0.25) is 0 Å². The molecule has 1 saturated carbocycles. The highest BCUT2D eigenvalue weighted by Crippen LogP contribution is 2.29. The molecule has 0 radical (unpaired) electrons. The first kappa shape index (κ1) is 10.2. The predicted molar refractivity (Wildman–Crippen MR) is 57.1 cm³/mol. The van der Waals surface area contributed by atoms with Gasteiger partial charge in [-0.2, -0.15) is 5.26 Å². The molecule has 0 spiro atoms. The summed E-state index contributed by atoms with van der Waals surface area (Å²) in [6.45, 7) is 2.24. The summed E-state index contributed by atoms with van der Waals surface area (Å²) in [4.78, 5) is 0.257. The van der Waals surface area contributed by atoms with Crippen LogP contribution in [0.1, 0.15) is 32.6 Å². The number of hydrogen-bond acceptors (Lipinski definition) is 2. The number of nitrogens with zero attached hydrogens (tertiary/aromatic N) is 1. The largest absolute Gasteiger partial charge is 0.389 e. The second-order valence-corrected chi connectivity index (χ2v) is 4.08. The molecule has 70 valence electrons. The highest BCUT2D eigenvalue weighted by Gasteiger charge is 2.16. The number of nitriles is 1. The van der Waals surface area contributed by atoms with E-state index in [1.54, 1.807) is 0 Å². The van der Waals surface area contributed by atoms with Crippen LogP contribution in [0.4, 0.5) is 0 Å². The van der Waals surface area contributed by atoms with Gasteiger partial charge in [-0.1, -0.05) is 19.1 Å². The molecule has 1 rings (SSSR count). The lowest BCUT2D eigenvalue weighted by molar-refractivity contribution is 0.443. The number of thiocarbonyl (C=S) groups is 1. The summed E-state index contributed by atoms with van der Waals surface area (Å²) in [5.74, 6) is 0.773. The van der Waals surface area contributed by atoms with Crippen LogP contribution in [0.2, 0.25) is 0 Å². The summed E-state index contributed by atoms with van der Waals surface area (Å²) in [7, 11) is 0. The third-order valence-corrected chi connectivity index (χ3v) is 2.79. The lowest BCUT2D eigenvalue weighted by atomic mass is 9.85. The van der Waals surface area contributed by atoms with Crippen LogP contribution in [-0.4, -0.2) is 4.99 Å². The molecule has 0 heterocycles. The molecule has 13 heavy (non-hydrogen) atoms. The molecule has 0 saturated heterocycles. The number of hydrogen-bond donors (Lipinski definition) is 1. The van der Waals surface area contributed by atoms with Crippen molar-refractivity contribution >= 4 is 17.2 Å². The molecule has 0 aromatic heterocycles. The quantitative estimate of drug-likeness (QED) is 0.396. The first-order valence-corrected chi connectivity index (χ1v) is 4.98. The molecule has 1 aliphatic rings. The van der Waals surface area contributed by atoms with Gasteiger partial charge < -0.3 is 5.73 Å². The lowest BCUT2D eigenvalue weighted by Crippen LogP contribution is -2.15. The second-order valence-electron chi connectivity index (χ2n) is 3.64. The van der Waals surface area contributed by atoms with Crippen LogP contribution in [0.15, 0.2) is 11.1 Å². The first-order valence-electron chi connectivity index (χ1n) is 4.57. The Kier molecular flexibility index (Phi) is 3.44. The van der Waals surface area contributed by atoms with E-state index in [9.17, 15) is 0 Å². The van der Waals surface area contributed by atoms with Crippen molar-refractivity contribution in [3.8, 4) is 6.07 Å². The maximum Gasteiger partial charge on any atom is 0.114 e. The molecule has 0 aliphatic heterocycles. The summed E-state index contributed by atoms with van der Waals surface area (Å²) < 4.78 is 0. The van der Waals surface area contributed by atoms with E-state index in [4.69, 9.17) is 23.2 Å². The molecule has 0 aromatic rings. The van der Waals surface area contributed by atoms with Crippen molar-refractivity contribution in [1.29, 1.82) is 5.26 Å². The van der Waals surface area contributed by atoms with E-state index in [0.29, 0.717) is 5.57 Å². The van der Waals surface area contributed by atoms with Gasteiger partial charge in [0.05, 0.1) is 5.57 Å². The van der Waals surface area contributed by atoms with Crippen LogP contribution in [0.5, 0.6) is 0 Å². The van der Waals surface area contributed by atoms with Gasteiger partial charge in [-0.15, -0.1) is 0 Å². The fraction of sp³-hybridized carbons (Fsp3) is 0.600. The average Bonchev–Trinajstić information content (AvgIpc) is 2.09. The van der Waals surface area contributed by atoms with E-state index in [0.717, 1.165) is 37.2 Å². The van der Waals surface area contributed by atoms with Crippen molar-refractivity contribution in [3.63, 3.8) is 0 Å². The minimum Gasteiger partial charge on any atom is -0.389 e. The van der Waals surface area contributed by atoms with Crippen molar-refractivity contribution in [2.75, 3.05) is 0 Å². The van der Waals surface area contributed by atoms with Gasteiger partial charge in [0.2, 0.25) is 0 Å². The van der Waals surface area contributed by atoms with Crippen molar-refractivity contribution in [3.05, 3.63) is 11.1 Å². The molecule has 0 unspecified atom stereocenters. The molecular formula is C10H14N2S. The molecule has 0 amide bonds. The maximum absolute atomic E-state index is 8.84. The van der Waals surface area contributed by atoms with E-state index in [-0.39, 0.29) is 4.99 Å². The Bertz CT molecular complexity index is 276. The molecule has 2 N–H and O–H groups in total. The van der Waals surface area contributed by atoms with Gasteiger partial charge in [0.25, 0.3) is 0 Å². The van der Waals surface area contributed by atoms with E-state index in [2.05, 4.69) is 13.0 Å². The van der Waals surface area contributed by atoms with E-state index in [1.165, 1.54) is 0 Å². The molecule has 1 aliphatic carbocycles. The van der Waals surface area contributed by atoms with Crippen LogP contribution in [0.3, 0.4) is 0 Å². The minimum absolute atomic E-state index is 0.257. The molecule has 0 atom stereocenters. The third kappa shape index (κ3) is 2.53. The fourth-order valence-electron chi connectivity index (χ4n) is 1.67. The molecule has 0 bridgehead atoms. The standard InChI is InChI=1S/C10H14N2S/c1-7-2-4-8(5-3-7)9(6-11)10(12)13/h7H,2-5H2,1H3,(H2,12,13). The normalized spacial score (nSPS) is 22.2. The fourth-order valence-corrected chi connectivity index (χ4v) is 1.86. The van der Waals surface area contributed by atoms with E-state index < -0.39 is 0 Å². The maximum atomic E-state index is 8.84. The van der Waals surface area contributed by atoms with Gasteiger partial charge in [-0.05, 0) is 37.2 Å². The van der Waals surface area contributed by atoms with Crippen molar-refractivity contribution in [2.24, 2.45) is 11.7 Å². The summed E-state index contributed by atoms with van der Waals surface area (Å²) in [5.41, 5.74) is 7.18. The highest BCUT2D eigenvalue weighted by atomic mass is 32.1. The Balaban J connectivity index is 2.80. The summed E-state index contributed by atoms with van der Waals surface area (Å²) in [6, 6.07) is 2.10. The van der Waals surface area contributed by atoms with Crippen LogP contribution in [0, 0.1) is 17.2 Å². The SMILES string of the molecule is CC1CCC(=C(C#N)C(N)=S)CC1. The number of rotatable bonds is 1. The zero-order valence-corrected chi connectivity index (χ0v) is 8.66. The predicted octanol–water partition coefficient (Wildman–Crippen LogP) is 2.30. The Hall–Kier alpha value is -0.880. The van der Waals surface area contributed by atoms with E-state index in [1.807, 2.05) is 0 Å². The first-order chi connectivity index (χ1) is 6.15. The van der Waals surface area contributed by atoms with Crippen LogP contribution in [0.25, 0.3) is 0 Å². The van der Waals surface area contributed by atoms with Gasteiger partial charge in [0.1, 0.15) is 11.1 Å². The number of allylic oxidation sites excluding steroid dienone is 1.